The van der Waals surface area contributed by atoms with E-state index in [4.69, 9.17) is 15.2 Å². The van der Waals surface area contributed by atoms with Gasteiger partial charge < -0.3 is 15.2 Å². The maximum Gasteiger partial charge on any atom is 0.119 e. The van der Waals surface area contributed by atoms with Crippen LogP contribution in [-0.2, 0) is 11.2 Å². The van der Waals surface area contributed by atoms with Crippen molar-refractivity contribution >= 4 is 15.9 Å². The van der Waals surface area contributed by atoms with Crippen molar-refractivity contribution in [3.8, 4) is 5.75 Å². The predicted molar refractivity (Wildman–Crippen MR) is 82.7 cm³/mol. The van der Waals surface area contributed by atoms with Gasteiger partial charge >= 0.3 is 0 Å². The Bertz CT molecular complexity index is 369. The molecule has 108 valence electrons. The average molecular weight is 330 g/mol. The fourth-order valence-corrected chi connectivity index (χ4v) is 2.07. The molecule has 1 aromatic rings. The predicted octanol–water partition coefficient (Wildman–Crippen LogP) is 3.39. The van der Waals surface area contributed by atoms with Crippen LogP contribution in [0.1, 0.15) is 25.8 Å². The van der Waals surface area contributed by atoms with E-state index in [2.05, 4.69) is 29.8 Å². The molecule has 0 bridgehead atoms. The van der Waals surface area contributed by atoms with Crippen LogP contribution in [0.4, 0.5) is 0 Å². The molecule has 0 atom stereocenters. The van der Waals surface area contributed by atoms with Crippen molar-refractivity contribution in [3.63, 3.8) is 0 Å². The molecule has 0 unspecified atom stereocenters. The first-order valence-corrected chi connectivity index (χ1v) is 7.61. The van der Waals surface area contributed by atoms with Gasteiger partial charge in [0.1, 0.15) is 12.4 Å². The Morgan fingerprint density at radius 1 is 1.21 bits per heavy atom. The molecule has 4 heteroatoms. The highest BCUT2D eigenvalue weighted by Gasteiger charge is 2.02. The van der Waals surface area contributed by atoms with Crippen LogP contribution >= 0.6 is 15.9 Å². The molecule has 0 heterocycles. The van der Waals surface area contributed by atoms with Crippen molar-refractivity contribution < 1.29 is 9.47 Å². The number of hydrogen-bond acceptors (Lipinski definition) is 3. The Kier molecular flexibility index (Phi) is 8.10. The third kappa shape index (κ3) is 6.95. The minimum atomic E-state index is 0.585. The van der Waals surface area contributed by atoms with Gasteiger partial charge in [0.25, 0.3) is 0 Å². The molecule has 0 saturated carbocycles. The van der Waals surface area contributed by atoms with Crippen LogP contribution in [0.15, 0.2) is 22.7 Å². The first kappa shape index (κ1) is 16.5. The Balaban J connectivity index is 2.27. The van der Waals surface area contributed by atoms with Gasteiger partial charge in [-0.05, 0) is 49.1 Å². The van der Waals surface area contributed by atoms with Crippen molar-refractivity contribution in [1.29, 1.82) is 0 Å². The van der Waals surface area contributed by atoms with Gasteiger partial charge in [0.05, 0.1) is 6.61 Å². The molecule has 0 saturated heterocycles. The van der Waals surface area contributed by atoms with Gasteiger partial charge in [0.15, 0.2) is 0 Å². The van der Waals surface area contributed by atoms with E-state index >= 15 is 0 Å². The van der Waals surface area contributed by atoms with Crippen molar-refractivity contribution in [1.82, 2.24) is 0 Å². The number of hydrogen-bond donors (Lipinski definition) is 1. The minimum absolute atomic E-state index is 0.585. The molecule has 1 rings (SSSR count). The zero-order valence-corrected chi connectivity index (χ0v) is 13.4. The molecular formula is C15H24BrNO2. The second-order valence-electron chi connectivity index (χ2n) is 4.94. The summed E-state index contributed by atoms with van der Waals surface area (Å²) < 4.78 is 12.3. The Hall–Kier alpha value is -0.580. The normalized spacial score (nSPS) is 11.0. The molecule has 1 aromatic carbocycles. The molecule has 0 spiro atoms. The third-order valence-electron chi connectivity index (χ3n) is 2.77. The molecule has 2 N–H and O–H groups in total. The summed E-state index contributed by atoms with van der Waals surface area (Å²) in [6.07, 6.45) is 1.95. The van der Waals surface area contributed by atoms with Crippen LogP contribution in [0.2, 0.25) is 0 Å². The van der Waals surface area contributed by atoms with Gasteiger partial charge in [-0.15, -0.1) is 0 Å². The summed E-state index contributed by atoms with van der Waals surface area (Å²) in [5, 5.41) is 0. The van der Waals surface area contributed by atoms with E-state index in [0.29, 0.717) is 25.7 Å². The van der Waals surface area contributed by atoms with E-state index in [9.17, 15) is 0 Å². The number of nitrogens with two attached hydrogens (primary N) is 1. The molecule has 0 aliphatic heterocycles. The quantitative estimate of drug-likeness (QED) is 0.706. The Morgan fingerprint density at radius 3 is 2.68 bits per heavy atom. The standard InChI is InChI=1S/C15H24BrNO2/c1-12(2)6-8-18-9-10-19-14-3-4-15(16)13(11-14)5-7-17/h3-4,11-12H,5-10,17H2,1-2H3. The van der Waals surface area contributed by atoms with E-state index in [1.54, 1.807) is 0 Å². The van der Waals surface area contributed by atoms with E-state index in [1.165, 1.54) is 5.56 Å². The SMILES string of the molecule is CC(C)CCOCCOc1ccc(Br)c(CCN)c1. The molecule has 19 heavy (non-hydrogen) atoms. The Morgan fingerprint density at radius 2 is 2.00 bits per heavy atom. The maximum atomic E-state index is 5.67. The van der Waals surface area contributed by atoms with Crippen LogP contribution < -0.4 is 10.5 Å². The lowest BCUT2D eigenvalue weighted by Gasteiger charge is -2.10. The lowest BCUT2D eigenvalue weighted by atomic mass is 10.1. The highest BCUT2D eigenvalue weighted by atomic mass is 79.9. The van der Waals surface area contributed by atoms with Crippen LogP contribution in [0.25, 0.3) is 0 Å². The summed E-state index contributed by atoms with van der Waals surface area (Å²) in [5.41, 5.74) is 6.76. The van der Waals surface area contributed by atoms with Crippen molar-refractivity contribution in [3.05, 3.63) is 28.2 Å². The zero-order valence-electron chi connectivity index (χ0n) is 11.8. The molecule has 3 nitrogen and oxygen atoms in total. The summed E-state index contributed by atoms with van der Waals surface area (Å²) in [6.45, 7) is 7.05. The summed E-state index contributed by atoms with van der Waals surface area (Å²) in [6, 6.07) is 5.99. The summed E-state index contributed by atoms with van der Waals surface area (Å²) in [5.74, 6) is 1.56. The Labute approximate surface area is 124 Å². The molecular weight excluding hydrogens is 306 g/mol. The largest absolute Gasteiger partial charge is 0.491 e. The fraction of sp³-hybridized carbons (Fsp3) is 0.600. The summed E-state index contributed by atoms with van der Waals surface area (Å²) in [4.78, 5) is 0. The van der Waals surface area contributed by atoms with Crippen LogP contribution in [0.5, 0.6) is 5.75 Å². The number of ether oxygens (including phenoxy) is 2. The molecule has 0 aliphatic carbocycles. The summed E-state index contributed by atoms with van der Waals surface area (Å²) >= 11 is 3.51. The van der Waals surface area contributed by atoms with Crippen LogP contribution in [0.3, 0.4) is 0 Å². The summed E-state index contributed by atoms with van der Waals surface area (Å²) in [7, 11) is 0. The minimum Gasteiger partial charge on any atom is -0.491 e. The highest BCUT2D eigenvalue weighted by molar-refractivity contribution is 9.10. The van der Waals surface area contributed by atoms with Crippen LogP contribution in [-0.4, -0.2) is 26.4 Å². The lowest BCUT2D eigenvalue weighted by Crippen LogP contribution is -2.09. The second kappa shape index (κ2) is 9.34. The van der Waals surface area contributed by atoms with Crippen molar-refractivity contribution in [2.45, 2.75) is 26.7 Å². The number of halogens is 1. The van der Waals surface area contributed by atoms with Gasteiger partial charge in [0, 0.05) is 11.1 Å². The van der Waals surface area contributed by atoms with Gasteiger partial charge in [-0.2, -0.15) is 0 Å². The fourth-order valence-electron chi connectivity index (χ4n) is 1.63. The first-order chi connectivity index (χ1) is 9.13. The molecule has 0 fully saturated rings. The smallest absolute Gasteiger partial charge is 0.119 e. The van der Waals surface area contributed by atoms with E-state index in [1.807, 2.05) is 18.2 Å². The van der Waals surface area contributed by atoms with E-state index < -0.39 is 0 Å². The monoisotopic (exact) mass is 329 g/mol. The first-order valence-electron chi connectivity index (χ1n) is 6.82. The number of benzene rings is 1. The molecule has 0 aliphatic rings. The average Bonchev–Trinajstić information content (AvgIpc) is 2.37. The van der Waals surface area contributed by atoms with E-state index in [-0.39, 0.29) is 0 Å². The van der Waals surface area contributed by atoms with E-state index in [0.717, 1.165) is 29.7 Å². The second-order valence-corrected chi connectivity index (χ2v) is 5.79. The number of rotatable bonds is 9. The van der Waals surface area contributed by atoms with Crippen molar-refractivity contribution in [2.75, 3.05) is 26.4 Å². The van der Waals surface area contributed by atoms with Gasteiger partial charge in [0.2, 0.25) is 0 Å². The van der Waals surface area contributed by atoms with Gasteiger partial charge in [-0.3, -0.25) is 0 Å². The molecule has 0 radical (unpaired) electrons. The van der Waals surface area contributed by atoms with Crippen LogP contribution in [0, 0.1) is 5.92 Å². The zero-order chi connectivity index (χ0) is 14.1. The highest BCUT2D eigenvalue weighted by Crippen LogP contribution is 2.22. The lowest BCUT2D eigenvalue weighted by molar-refractivity contribution is 0.0925. The maximum absolute atomic E-state index is 5.67. The van der Waals surface area contributed by atoms with Crippen molar-refractivity contribution in [2.24, 2.45) is 11.7 Å². The van der Waals surface area contributed by atoms with Gasteiger partial charge in [-0.25, -0.2) is 0 Å². The molecule has 0 amide bonds. The third-order valence-corrected chi connectivity index (χ3v) is 3.54. The van der Waals surface area contributed by atoms with Gasteiger partial charge in [-0.1, -0.05) is 29.8 Å². The molecule has 0 aromatic heterocycles. The topological polar surface area (TPSA) is 44.5 Å².